The third-order valence-electron chi connectivity index (χ3n) is 3.98. The molecule has 2 amide bonds. The minimum atomic E-state index is -1.13. The smallest absolute Gasteiger partial charge is 0.280 e. The van der Waals surface area contributed by atoms with Crippen LogP contribution >= 0.6 is 0 Å². The zero-order valence-electron chi connectivity index (χ0n) is 15.7. The molecule has 154 valence electrons. The molecule has 0 atom stereocenters. The topological polar surface area (TPSA) is 116 Å². The molecule has 0 aliphatic rings. The molecule has 0 saturated carbocycles. The van der Waals surface area contributed by atoms with E-state index in [-0.39, 0.29) is 23.7 Å². The molecule has 0 aliphatic heterocycles. The Labute approximate surface area is 168 Å². The molecule has 0 unspecified atom stereocenters. The monoisotopic (exact) mass is 414 g/mol. The summed E-state index contributed by atoms with van der Waals surface area (Å²) in [6, 6.07) is 9.68. The average molecular weight is 414 g/mol. The van der Waals surface area contributed by atoms with Gasteiger partial charge in [0.1, 0.15) is 0 Å². The van der Waals surface area contributed by atoms with E-state index < -0.39 is 34.6 Å². The molecule has 8 nitrogen and oxygen atoms in total. The van der Waals surface area contributed by atoms with Crippen LogP contribution in [0.1, 0.15) is 27.8 Å². The molecule has 0 saturated heterocycles. The van der Waals surface area contributed by atoms with E-state index in [1.165, 1.54) is 30.3 Å². The number of amides is 2. The zero-order chi connectivity index (χ0) is 21.8. The maximum Gasteiger partial charge on any atom is 0.280 e. The summed E-state index contributed by atoms with van der Waals surface area (Å²) in [6.45, 7) is 1.83. The van der Waals surface area contributed by atoms with Crippen molar-refractivity contribution in [1.82, 2.24) is 9.78 Å². The minimum absolute atomic E-state index is 0.0455. The molecule has 3 N–H and O–H groups in total. The van der Waals surface area contributed by atoms with Crippen molar-refractivity contribution in [3.63, 3.8) is 0 Å². The van der Waals surface area contributed by atoms with Crippen LogP contribution in [0.2, 0.25) is 0 Å². The van der Waals surface area contributed by atoms with Crippen molar-refractivity contribution >= 4 is 17.5 Å². The number of nitrogens with two attached hydrogens (primary N) is 1. The third kappa shape index (κ3) is 4.32. The lowest BCUT2D eigenvalue weighted by molar-refractivity contribution is 0.0997. The lowest BCUT2D eigenvalue weighted by atomic mass is 10.2. The molecule has 10 heteroatoms. The van der Waals surface area contributed by atoms with Gasteiger partial charge in [0, 0.05) is 17.3 Å². The molecule has 0 fully saturated rings. The van der Waals surface area contributed by atoms with Crippen LogP contribution in [-0.4, -0.2) is 28.2 Å². The second-order valence-corrected chi connectivity index (χ2v) is 6.03. The average Bonchev–Trinajstić information content (AvgIpc) is 2.71. The molecule has 1 aromatic heterocycles. The number of ether oxygens (including phenoxy) is 1. The summed E-state index contributed by atoms with van der Waals surface area (Å²) in [5.74, 6) is -3.70. The van der Waals surface area contributed by atoms with Crippen LogP contribution in [-0.2, 0) is 0 Å². The highest BCUT2D eigenvalue weighted by molar-refractivity contribution is 6.03. The molecular formula is C20H16F2N4O4. The summed E-state index contributed by atoms with van der Waals surface area (Å²) in [6.07, 6.45) is 0. The number of nitrogens with zero attached hydrogens (tertiary/aromatic N) is 2. The van der Waals surface area contributed by atoms with Crippen LogP contribution in [0.3, 0.4) is 0 Å². The Morgan fingerprint density at radius 2 is 1.80 bits per heavy atom. The molecule has 30 heavy (non-hydrogen) atoms. The van der Waals surface area contributed by atoms with E-state index in [2.05, 4.69) is 10.4 Å². The lowest BCUT2D eigenvalue weighted by Gasteiger charge is -2.14. The van der Waals surface area contributed by atoms with E-state index in [1.807, 2.05) is 0 Å². The number of carbonyl (C=O) groups excluding carboxylic acids is 2. The highest BCUT2D eigenvalue weighted by atomic mass is 19.2. The van der Waals surface area contributed by atoms with Crippen molar-refractivity contribution in [2.75, 3.05) is 11.9 Å². The predicted molar refractivity (Wildman–Crippen MR) is 104 cm³/mol. The van der Waals surface area contributed by atoms with E-state index in [0.717, 1.165) is 22.9 Å². The number of rotatable bonds is 6. The molecule has 0 spiro atoms. The van der Waals surface area contributed by atoms with Gasteiger partial charge in [0.2, 0.25) is 17.2 Å². The first-order valence-corrected chi connectivity index (χ1v) is 8.74. The molecule has 1 heterocycles. The van der Waals surface area contributed by atoms with E-state index in [0.29, 0.717) is 5.69 Å². The largest absolute Gasteiger partial charge is 0.478 e. The normalized spacial score (nSPS) is 10.5. The van der Waals surface area contributed by atoms with Crippen molar-refractivity contribution in [3.8, 4) is 11.6 Å². The summed E-state index contributed by atoms with van der Waals surface area (Å²) in [5.41, 5.74) is 4.52. The lowest BCUT2D eigenvalue weighted by Crippen LogP contribution is -2.26. The summed E-state index contributed by atoms with van der Waals surface area (Å²) >= 11 is 0. The van der Waals surface area contributed by atoms with Gasteiger partial charge in [-0.3, -0.25) is 14.4 Å². The van der Waals surface area contributed by atoms with E-state index in [1.54, 1.807) is 6.92 Å². The molecular weight excluding hydrogens is 398 g/mol. The molecule has 2 aromatic carbocycles. The number of nitrogens with one attached hydrogen (secondary N) is 1. The predicted octanol–water partition coefficient (Wildman–Crippen LogP) is 2.26. The van der Waals surface area contributed by atoms with Gasteiger partial charge >= 0.3 is 0 Å². The number of anilines is 1. The summed E-state index contributed by atoms with van der Waals surface area (Å²) < 4.78 is 33.3. The van der Waals surface area contributed by atoms with Gasteiger partial charge in [-0.15, -0.1) is 0 Å². The highest BCUT2D eigenvalue weighted by Gasteiger charge is 2.18. The molecule has 0 aliphatic carbocycles. The number of halogens is 2. The Hall–Kier alpha value is -4.08. The van der Waals surface area contributed by atoms with Crippen molar-refractivity contribution in [1.29, 1.82) is 0 Å². The zero-order valence-corrected chi connectivity index (χ0v) is 15.7. The van der Waals surface area contributed by atoms with Gasteiger partial charge < -0.3 is 15.8 Å². The number of hydrogen-bond donors (Lipinski definition) is 2. The quantitative estimate of drug-likeness (QED) is 0.642. The maximum atomic E-state index is 13.7. The van der Waals surface area contributed by atoms with Gasteiger partial charge in [-0.05, 0) is 43.3 Å². The van der Waals surface area contributed by atoms with Crippen LogP contribution in [0.15, 0.2) is 53.3 Å². The Morgan fingerprint density at radius 1 is 1.10 bits per heavy atom. The first-order valence-electron chi connectivity index (χ1n) is 8.74. The SMILES string of the molecule is CCOc1cc(=O)c(C(=O)Nc2ccc(C(N)=O)cc2)nn1-c1ccc(F)c(F)c1. The number of benzene rings is 2. The van der Waals surface area contributed by atoms with Gasteiger partial charge in [-0.2, -0.15) is 5.10 Å². The number of carbonyl (C=O) groups is 2. The summed E-state index contributed by atoms with van der Waals surface area (Å²) in [7, 11) is 0. The van der Waals surface area contributed by atoms with Crippen LogP contribution in [0.4, 0.5) is 14.5 Å². The Bertz CT molecular complexity index is 1180. The molecule has 0 bridgehead atoms. The minimum Gasteiger partial charge on any atom is -0.478 e. The van der Waals surface area contributed by atoms with Crippen molar-refractivity contribution in [3.05, 3.63) is 81.6 Å². The van der Waals surface area contributed by atoms with Gasteiger partial charge in [0.05, 0.1) is 18.4 Å². The van der Waals surface area contributed by atoms with Crippen molar-refractivity contribution in [2.24, 2.45) is 5.73 Å². The maximum absolute atomic E-state index is 13.7. The van der Waals surface area contributed by atoms with E-state index in [9.17, 15) is 23.2 Å². The Kier molecular flexibility index (Phi) is 5.86. The first-order chi connectivity index (χ1) is 14.3. The second kappa shape index (κ2) is 8.52. The third-order valence-corrected chi connectivity index (χ3v) is 3.98. The summed E-state index contributed by atoms with van der Waals surface area (Å²) in [5, 5.41) is 6.45. The van der Waals surface area contributed by atoms with Gasteiger partial charge in [0.25, 0.3) is 5.91 Å². The van der Waals surface area contributed by atoms with Crippen LogP contribution in [0.5, 0.6) is 5.88 Å². The fourth-order valence-electron chi connectivity index (χ4n) is 2.56. The summed E-state index contributed by atoms with van der Waals surface area (Å²) in [4.78, 5) is 36.1. The standard InChI is InChI=1S/C20H16F2N4O4/c1-2-30-17-10-16(27)18(25-26(17)13-7-8-14(21)15(22)9-13)20(29)24-12-5-3-11(4-6-12)19(23)28/h3-10H,2H2,1H3,(H2,23,28)(H,24,29). The molecule has 3 rings (SSSR count). The van der Waals surface area contributed by atoms with E-state index in [4.69, 9.17) is 10.5 Å². The molecule has 3 aromatic rings. The van der Waals surface area contributed by atoms with Crippen LogP contribution in [0.25, 0.3) is 5.69 Å². The van der Waals surface area contributed by atoms with Crippen molar-refractivity contribution < 1.29 is 23.1 Å². The fraction of sp³-hybridized carbons (Fsp3) is 0.100. The number of hydrogen-bond acceptors (Lipinski definition) is 5. The van der Waals surface area contributed by atoms with Gasteiger partial charge in [-0.25, -0.2) is 13.5 Å². The fourth-order valence-corrected chi connectivity index (χ4v) is 2.56. The van der Waals surface area contributed by atoms with Crippen LogP contribution < -0.4 is 21.2 Å². The first kappa shape index (κ1) is 20.6. The number of primary amides is 1. The van der Waals surface area contributed by atoms with Crippen molar-refractivity contribution in [2.45, 2.75) is 6.92 Å². The van der Waals surface area contributed by atoms with E-state index >= 15 is 0 Å². The Morgan fingerprint density at radius 3 is 2.40 bits per heavy atom. The highest BCUT2D eigenvalue weighted by Crippen LogP contribution is 2.18. The van der Waals surface area contributed by atoms with Crippen LogP contribution in [0, 0.1) is 11.6 Å². The van der Waals surface area contributed by atoms with Gasteiger partial charge in [0.15, 0.2) is 17.3 Å². The molecule has 0 radical (unpaired) electrons. The second-order valence-electron chi connectivity index (χ2n) is 6.03. The van der Waals surface area contributed by atoms with Gasteiger partial charge in [-0.1, -0.05) is 0 Å². The Balaban J connectivity index is 1.99. The number of aromatic nitrogens is 2.